The second kappa shape index (κ2) is 6.40. The van der Waals surface area contributed by atoms with Gasteiger partial charge < -0.3 is 10.0 Å². The quantitative estimate of drug-likeness (QED) is 0.616. The Balaban J connectivity index is 3.00. The largest absolute Gasteiger partial charge is 0.479 e. The minimum absolute atomic E-state index is 0.0794. The first-order valence-electron chi connectivity index (χ1n) is 7.32. The molecule has 1 N–H and O–H groups in total. The summed E-state index contributed by atoms with van der Waals surface area (Å²) in [6, 6.07) is -0.0794. The Kier molecular flexibility index (Phi) is 5.39. The number of nitrogens with zero attached hydrogens (tertiary/aromatic N) is 1. The van der Waals surface area contributed by atoms with E-state index in [0.717, 1.165) is 19.3 Å². The lowest BCUT2D eigenvalue weighted by atomic mass is 9.85. The van der Waals surface area contributed by atoms with Crippen LogP contribution < -0.4 is 0 Å². The van der Waals surface area contributed by atoms with Gasteiger partial charge in [0, 0.05) is 6.04 Å². The van der Waals surface area contributed by atoms with Crippen molar-refractivity contribution in [2.45, 2.75) is 71.4 Å². The van der Waals surface area contributed by atoms with Crippen LogP contribution in [0.4, 0.5) is 0 Å². The van der Waals surface area contributed by atoms with Gasteiger partial charge in [0.15, 0.2) is 0 Å². The van der Waals surface area contributed by atoms with E-state index in [9.17, 15) is 14.7 Å². The lowest BCUT2D eigenvalue weighted by Crippen LogP contribution is -2.56. The Morgan fingerprint density at radius 3 is 2.32 bits per heavy atom. The van der Waals surface area contributed by atoms with E-state index in [1.165, 1.54) is 4.90 Å². The summed E-state index contributed by atoms with van der Waals surface area (Å²) in [5, 5.41) is 9.69. The van der Waals surface area contributed by atoms with Gasteiger partial charge in [-0.25, -0.2) is 4.79 Å². The predicted octanol–water partition coefficient (Wildman–Crippen LogP) is 2.91. The van der Waals surface area contributed by atoms with E-state index in [4.69, 9.17) is 0 Å². The third kappa shape index (κ3) is 3.28. The van der Waals surface area contributed by atoms with Crippen LogP contribution in [0, 0.1) is 11.8 Å². The summed E-state index contributed by atoms with van der Waals surface area (Å²) in [6.07, 6.45) is 4.70. The van der Waals surface area contributed by atoms with Crippen molar-refractivity contribution in [1.82, 2.24) is 4.90 Å². The molecule has 1 aliphatic rings. The molecule has 0 bridgehead atoms. The van der Waals surface area contributed by atoms with Crippen LogP contribution >= 0.6 is 0 Å². The number of amides is 1. The highest BCUT2D eigenvalue weighted by molar-refractivity contribution is 5.81. The molecule has 0 heterocycles. The molecule has 4 heteroatoms. The molecular weight excluding hydrogens is 242 g/mol. The lowest BCUT2D eigenvalue weighted by Gasteiger charge is -2.40. The Hall–Kier alpha value is -1.06. The first kappa shape index (κ1) is 16.0. The second-order valence-electron chi connectivity index (χ2n) is 6.38. The third-order valence-corrected chi connectivity index (χ3v) is 4.60. The molecule has 0 aliphatic heterocycles. The molecular formula is C15H27NO3. The summed E-state index contributed by atoms with van der Waals surface area (Å²) < 4.78 is 0. The van der Waals surface area contributed by atoms with E-state index in [2.05, 4.69) is 13.8 Å². The Morgan fingerprint density at radius 1 is 1.26 bits per heavy atom. The maximum absolute atomic E-state index is 11.8. The van der Waals surface area contributed by atoms with Gasteiger partial charge >= 0.3 is 5.97 Å². The van der Waals surface area contributed by atoms with Crippen molar-refractivity contribution in [2.24, 2.45) is 11.8 Å². The molecule has 4 nitrogen and oxygen atoms in total. The minimum atomic E-state index is -1.00. The van der Waals surface area contributed by atoms with Crippen molar-refractivity contribution in [3.63, 3.8) is 0 Å². The van der Waals surface area contributed by atoms with Gasteiger partial charge in [-0.15, -0.1) is 0 Å². The zero-order chi connectivity index (χ0) is 14.6. The fourth-order valence-corrected chi connectivity index (χ4v) is 3.32. The molecule has 2 unspecified atom stereocenters. The van der Waals surface area contributed by atoms with Crippen molar-refractivity contribution in [1.29, 1.82) is 0 Å². The van der Waals surface area contributed by atoms with E-state index < -0.39 is 11.5 Å². The maximum Gasteiger partial charge on any atom is 0.329 e. The van der Waals surface area contributed by atoms with Crippen LogP contribution in [0.5, 0.6) is 0 Å². The van der Waals surface area contributed by atoms with Crippen LogP contribution in [0.3, 0.4) is 0 Å². The summed E-state index contributed by atoms with van der Waals surface area (Å²) in [6.45, 7) is 8.14. The summed E-state index contributed by atoms with van der Waals surface area (Å²) in [7, 11) is 0. The molecule has 0 aromatic carbocycles. The molecule has 2 atom stereocenters. The zero-order valence-electron chi connectivity index (χ0n) is 12.6. The van der Waals surface area contributed by atoms with E-state index >= 15 is 0 Å². The third-order valence-electron chi connectivity index (χ3n) is 4.60. The van der Waals surface area contributed by atoms with Crippen LogP contribution in [-0.2, 0) is 9.59 Å². The first-order valence-corrected chi connectivity index (χ1v) is 7.32. The average Bonchev–Trinajstić information content (AvgIpc) is 2.53. The zero-order valence-corrected chi connectivity index (χ0v) is 12.6. The normalized spacial score (nSPS) is 28.2. The highest BCUT2D eigenvalue weighted by atomic mass is 16.4. The van der Waals surface area contributed by atoms with E-state index in [0.29, 0.717) is 31.1 Å². The van der Waals surface area contributed by atoms with Crippen LogP contribution in [-0.4, -0.2) is 34.0 Å². The summed E-state index contributed by atoms with van der Waals surface area (Å²) in [5.74, 6) is 0.299. The van der Waals surface area contributed by atoms with Crippen molar-refractivity contribution in [3.8, 4) is 0 Å². The number of carboxylic acid groups (broad SMARTS) is 1. The van der Waals surface area contributed by atoms with Crippen LogP contribution in [0.25, 0.3) is 0 Å². The van der Waals surface area contributed by atoms with Gasteiger partial charge in [-0.1, -0.05) is 26.7 Å². The maximum atomic E-state index is 11.8. The lowest BCUT2D eigenvalue weighted by molar-refractivity contribution is -0.158. The van der Waals surface area contributed by atoms with E-state index in [1.807, 2.05) is 13.8 Å². The summed E-state index contributed by atoms with van der Waals surface area (Å²) in [5.41, 5.74) is -1.00. The van der Waals surface area contributed by atoms with Crippen molar-refractivity contribution in [3.05, 3.63) is 0 Å². The van der Waals surface area contributed by atoms with E-state index in [1.54, 1.807) is 0 Å². The molecule has 1 fully saturated rings. The summed E-state index contributed by atoms with van der Waals surface area (Å²) in [4.78, 5) is 24.7. The molecule has 0 aromatic heterocycles. The fraction of sp³-hybridized carbons (Fsp3) is 0.867. The van der Waals surface area contributed by atoms with Gasteiger partial charge in [-0.3, -0.25) is 4.79 Å². The van der Waals surface area contributed by atoms with Gasteiger partial charge in [0.05, 0.1) is 0 Å². The molecule has 110 valence electrons. The second-order valence-corrected chi connectivity index (χ2v) is 6.38. The van der Waals surface area contributed by atoms with Gasteiger partial charge in [0.25, 0.3) is 0 Å². The van der Waals surface area contributed by atoms with Crippen molar-refractivity contribution in [2.75, 3.05) is 0 Å². The minimum Gasteiger partial charge on any atom is -0.479 e. The number of carbonyl (C=O) groups excluding carboxylic acids is 1. The van der Waals surface area contributed by atoms with E-state index in [-0.39, 0.29) is 6.04 Å². The highest BCUT2D eigenvalue weighted by Crippen LogP contribution is 2.38. The number of rotatable bonds is 5. The monoisotopic (exact) mass is 269 g/mol. The number of carbonyl (C=O) groups is 2. The first-order chi connectivity index (χ1) is 8.85. The van der Waals surface area contributed by atoms with Crippen LogP contribution in [0.1, 0.15) is 59.8 Å². The van der Waals surface area contributed by atoms with Crippen LogP contribution in [0.2, 0.25) is 0 Å². The topological polar surface area (TPSA) is 57.6 Å². The Bertz CT molecular complexity index is 327. The number of hydrogen-bond donors (Lipinski definition) is 1. The van der Waals surface area contributed by atoms with Crippen molar-refractivity contribution < 1.29 is 14.7 Å². The fourth-order valence-electron chi connectivity index (χ4n) is 3.32. The summed E-state index contributed by atoms with van der Waals surface area (Å²) >= 11 is 0. The molecule has 1 rings (SSSR count). The molecule has 19 heavy (non-hydrogen) atoms. The predicted molar refractivity (Wildman–Crippen MR) is 74.8 cm³/mol. The standard InChI is InChI=1S/C15H27NO3/c1-11(2)13-6-5-8-15(9-7-13,14(18)19)16(10-17)12(3)4/h10-13H,5-9H2,1-4H3,(H,18,19). The van der Waals surface area contributed by atoms with Crippen molar-refractivity contribution >= 4 is 12.4 Å². The average molecular weight is 269 g/mol. The van der Waals surface area contributed by atoms with Gasteiger partial charge in [-0.05, 0) is 44.9 Å². The highest BCUT2D eigenvalue weighted by Gasteiger charge is 2.46. The molecule has 0 aromatic rings. The molecule has 1 amide bonds. The Labute approximate surface area is 116 Å². The molecule has 0 saturated heterocycles. The van der Waals surface area contributed by atoms with Gasteiger partial charge in [0.2, 0.25) is 6.41 Å². The SMILES string of the molecule is CC(C)C1CCCC(C(=O)O)(N(C=O)C(C)C)CC1. The molecule has 1 aliphatic carbocycles. The molecule has 0 spiro atoms. The number of carboxylic acids is 1. The number of aliphatic carboxylic acids is 1. The van der Waals surface area contributed by atoms with Crippen LogP contribution in [0.15, 0.2) is 0 Å². The molecule has 0 radical (unpaired) electrons. The number of hydrogen-bond acceptors (Lipinski definition) is 2. The van der Waals surface area contributed by atoms with Gasteiger partial charge in [0.1, 0.15) is 5.54 Å². The molecule has 1 saturated carbocycles. The smallest absolute Gasteiger partial charge is 0.329 e. The van der Waals surface area contributed by atoms with Gasteiger partial charge in [-0.2, -0.15) is 0 Å². The Morgan fingerprint density at radius 2 is 1.89 bits per heavy atom.